The molecule has 0 atom stereocenters. The van der Waals surface area contributed by atoms with Crippen LogP contribution in [0.15, 0.2) is 66.7 Å². The lowest BCUT2D eigenvalue weighted by Gasteiger charge is -2.12. The average molecular weight is 358 g/mol. The van der Waals surface area contributed by atoms with Gasteiger partial charge in [-0.3, -0.25) is 9.59 Å². The van der Waals surface area contributed by atoms with E-state index in [1.54, 1.807) is 24.3 Å². The standard InChI is InChI=1S/C23H22N2O2/c1-15-6-4-9-20(14-15)24-22(26)18-10-12-19(13-11-18)23(27)25-21-16(2)7-5-8-17(21)3/h4-14H,1-3H3,(H,24,26)(H,25,27). The van der Waals surface area contributed by atoms with E-state index >= 15 is 0 Å². The van der Waals surface area contributed by atoms with Crippen molar-refractivity contribution in [3.63, 3.8) is 0 Å². The van der Waals surface area contributed by atoms with Crippen LogP contribution in [0.5, 0.6) is 0 Å². The largest absolute Gasteiger partial charge is 0.322 e. The van der Waals surface area contributed by atoms with Crippen molar-refractivity contribution in [3.8, 4) is 0 Å². The molecule has 0 heterocycles. The molecule has 3 rings (SSSR count). The number of rotatable bonds is 4. The fraction of sp³-hybridized carbons (Fsp3) is 0.130. The minimum Gasteiger partial charge on any atom is -0.322 e. The molecule has 0 aliphatic carbocycles. The van der Waals surface area contributed by atoms with E-state index < -0.39 is 0 Å². The molecule has 0 saturated carbocycles. The fourth-order valence-electron chi connectivity index (χ4n) is 2.90. The van der Waals surface area contributed by atoms with Crippen molar-refractivity contribution >= 4 is 23.2 Å². The second kappa shape index (κ2) is 7.87. The normalized spacial score (nSPS) is 10.3. The van der Waals surface area contributed by atoms with Gasteiger partial charge in [0.2, 0.25) is 0 Å². The molecule has 2 N–H and O–H groups in total. The van der Waals surface area contributed by atoms with Gasteiger partial charge in [0.15, 0.2) is 0 Å². The van der Waals surface area contributed by atoms with E-state index in [9.17, 15) is 9.59 Å². The predicted octanol–water partition coefficient (Wildman–Crippen LogP) is 5.12. The summed E-state index contributed by atoms with van der Waals surface area (Å²) in [4.78, 5) is 24.9. The number of nitrogens with one attached hydrogen (secondary N) is 2. The first kappa shape index (κ1) is 18.4. The highest BCUT2D eigenvalue weighted by Gasteiger charge is 2.11. The van der Waals surface area contributed by atoms with Gasteiger partial charge in [0, 0.05) is 22.5 Å². The van der Waals surface area contributed by atoms with Crippen LogP contribution < -0.4 is 10.6 Å². The van der Waals surface area contributed by atoms with Crippen molar-refractivity contribution in [2.24, 2.45) is 0 Å². The molecule has 0 unspecified atom stereocenters. The Morgan fingerprint density at radius 1 is 0.667 bits per heavy atom. The van der Waals surface area contributed by atoms with E-state index in [0.717, 1.165) is 28.1 Å². The number of para-hydroxylation sites is 1. The molecule has 0 saturated heterocycles. The molecule has 0 fully saturated rings. The third-order valence-electron chi connectivity index (χ3n) is 4.40. The molecule has 0 aliphatic rings. The van der Waals surface area contributed by atoms with Crippen LogP contribution in [0, 0.1) is 20.8 Å². The van der Waals surface area contributed by atoms with E-state index in [1.807, 2.05) is 63.2 Å². The van der Waals surface area contributed by atoms with Crippen LogP contribution >= 0.6 is 0 Å². The number of hydrogen-bond donors (Lipinski definition) is 2. The van der Waals surface area contributed by atoms with Gasteiger partial charge in [0.25, 0.3) is 11.8 Å². The first-order valence-corrected chi connectivity index (χ1v) is 8.79. The van der Waals surface area contributed by atoms with Gasteiger partial charge >= 0.3 is 0 Å². The van der Waals surface area contributed by atoms with Gasteiger partial charge in [-0.1, -0.05) is 30.3 Å². The number of carbonyl (C=O) groups is 2. The highest BCUT2D eigenvalue weighted by molar-refractivity contribution is 6.07. The topological polar surface area (TPSA) is 58.2 Å². The highest BCUT2D eigenvalue weighted by Crippen LogP contribution is 2.20. The quantitative estimate of drug-likeness (QED) is 0.680. The number of benzene rings is 3. The van der Waals surface area contributed by atoms with Crippen LogP contribution in [0.1, 0.15) is 37.4 Å². The lowest BCUT2D eigenvalue weighted by atomic mass is 10.1. The monoisotopic (exact) mass is 358 g/mol. The third kappa shape index (κ3) is 4.42. The minimum atomic E-state index is -0.206. The molecule has 4 heteroatoms. The Balaban J connectivity index is 1.71. The van der Waals surface area contributed by atoms with Crippen molar-refractivity contribution in [2.45, 2.75) is 20.8 Å². The van der Waals surface area contributed by atoms with E-state index in [0.29, 0.717) is 11.1 Å². The van der Waals surface area contributed by atoms with Crippen molar-refractivity contribution in [3.05, 3.63) is 94.5 Å². The smallest absolute Gasteiger partial charge is 0.255 e. The van der Waals surface area contributed by atoms with Crippen LogP contribution in [0.2, 0.25) is 0 Å². The number of amides is 2. The summed E-state index contributed by atoms with van der Waals surface area (Å²) < 4.78 is 0. The minimum absolute atomic E-state index is 0.196. The van der Waals surface area contributed by atoms with Crippen LogP contribution in [0.4, 0.5) is 11.4 Å². The maximum Gasteiger partial charge on any atom is 0.255 e. The molecular formula is C23H22N2O2. The Labute approximate surface area is 159 Å². The summed E-state index contributed by atoms with van der Waals surface area (Å²) in [5.74, 6) is -0.402. The summed E-state index contributed by atoms with van der Waals surface area (Å²) in [6.45, 7) is 5.89. The van der Waals surface area contributed by atoms with Gasteiger partial charge in [-0.2, -0.15) is 0 Å². The Morgan fingerprint density at radius 2 is 1.19 bits per heavy atom. The van der Waals surface area contributed by atoms with Gasteiger partial charge in [0.05, 0.1) is 0 Å². The molecule has 0 bridgehead atoms. The number of aryl methyl sites for hydroxylation is 3. The molecule has 4 nitrogen and oxygen atoms in total. The lowest BCUT2D eigenvalue weighted by Crippen LogP contribution is -2.15. The SMILES string of the molecule is Cc1cccc(NC(=O)c2ccc(C(=O)Nc3c(C)cccc3C)cc2)c1. The van der Waals surface area contributed by atoms with E-state index in [4.69, 9.17) is 0 Å². The maximum atomic E-state index is 12.5. The summed E-state index contributed by atoms with van der Waals surface area (Å²) >= 11 is 0. The van der Waals surface area contributed by atoms with Gasteiger partial charge in [-0.05, 0) is 73.9 Å². The average Bonchev–Trinajstić information content (AvgIpc) is 2.65. The first-order chi connectivity index (χ1) is 12.9. The summed E-state index contributed by atoms with van der Waals surface area (Å²) in [5, 5.41) is 5.81. The van der Waals surface area contributed by atoms with Crippen LogP contribution in [0.25, 0.3) is 0 Å². The molecule has 2 amide bonds. The maximum absolute atomic E-state index is 12.5. The first-order valence-electron chi connectivity index (χ1n) is 8.79. The van der Waals surface area contributed by atoms with Crippen molar-refractivity contribution in [1.29, 1.82) is 0 Å². The third-order valence-corrected chi connectivity index (χ3v) is 4.40. The van der Waals surface area contributed by atoms with Gasteiger partial charge < -0.3 is 10.6 Å². The number of carbonyl (C=O) groups excluding carboxylic acids is 2. The molecule has 0 spiro atoms. The molecule has 0 radical (unpaired) electrons. The highest BCUT2D eigenvalue weighted by atomic mass is 16.2. The molecule has 0 aromatic heterocycles. The van der Waals surface area contributed by atoms with Gasteiger partial charge in [-0.25, -0.2) is 0 Å². The molecule has 136 valence electrons. The van der Waals surface area contributed by atoms with E-state index in [2.05, 4.69) is 10.6 Å². The molecule has 0 aliphatic heterocycles. The van der Waals surface area contributed by atoms with Crippen molar-refractivity contribution < 1.29 is 9.59 Å². The van der Waals surface area contributed by atoms with Crippen LogP contribution in [0.3, 0.4) is 0 Å². The molecule has 3 aromatic rings. The number of anilines is 2. The van der Waals surface area contributed by atoms with Crippen LogP contribution in [-0.2, 0) is 0 Å². The van der Waals surface area contributed by atoms with Gasteiger partial charge in [-0.15, -0.1) is 0 Å². The molecule has 3 aromatic carbocycles. The zero-order valence-corrected chi connectivity index (χ0v) is 15.7. The van der Waals surface area contributed by atoms with Crippen molar-refractivity contribution in [2.75, 3.05) is 10.6 Å². The van der Waals surface area contributed by atoms with E-state index in [1.165, 1.54) is 0 Å². The molecule has 27 heavy (non-hydrogen) atoms. The van der Waals surface area contributed by atoms with Crippen LogP contribution in [-0.4, -0.2) is 11.8 Å². The number of hydrogen-bond acceptors (Lipinski definition) is 2. The predicted molar refractivity (Wildman–Crippen MR) is 109 cm³/mol. The molecular weight excluding hydrogens is 336 g/mol. The Bertz CT molecular complexity index is 971. The summed E-state index contributed by atoms with van der Waals surface area (Å²) in [5.41, 5.74) is 5.67. The summed E-state index contributed by atoms with van der Waals surface area (Å²) in [6, 6.07) is 20.1. The van der Waals surface area contributed by atoms with Crippen molar-refractivity contribution in [1.82, 2.24) is 0 Å². The van der Waals surface area contributed by atoms with Gasteiger partial charge in [0.1, 0.15) is 0 Å². The second-order valence-corrected chi connectivity index (χ2v) is 6.62. The Hall–Kier alpha value is -3.40. The fourth-order valence-corrected chi connectivity index (χ4v) is 2.90. The van der Waals surface area contributed by atoms with E-state index in [-0.39, 0.29) is 11.8 Å². The Kier molecular flexibility index (Phi) is 5.36. The lowest BCUT2D eigenvalue weighted by molar-refractivity contribution is 0.101. The zero-order chi connectivity index (χ0) is 19.4. The summed E-state index contributed by atoms with van der Waals surface area (Å²) in [7, 11) is 0. The zero-order valence-electron chi connectivity index (χ0n) is 15.7. The Morgan fingerprint density at radius 3 is 1.74 bits per heavy atom. The summed E-state index contributed by atoms with van der Waals surface area (Å²) in [6.07, 6.45) is 0. The second-order valence-electron chi connectivity index (χ2n) is 6.62.